The Hall–Kier alpha value is -3.04. The first-order chi connectivity index (χ1) is 15.5. The Morgan fingerprint density at radius 1 is 1.09 bits per heavy atom. The van der Waals surface area contributed by atoms with Crippen LogP contribution < -0.4 is 10.2 Å². The van der Waals surface area contributed by atoms with Crippen molar-refractivity contribution in [3.05, 3.63) is 70.7 Å². The van der Waals surface area contributed by atoms with Crippen LogP contribution >= 0.6 is 11.3 Å². The minimum Gasteiger partial charge on any atom is -0.328 e. The van der Waals surface area contributed by atoms with Gasteiger partial charge in [0.2, 0.25) is 0 Å². The number of fused-ring (bicyclic) bond motifs is 3. The van der Waals surface area contributed by atoms with E-state index in [1.807, 2.05) is 35.2 Å². The average Bonchev–Trinajstić information content (AvgIpc) is 3.08. The van der Waals surface area contributed by atoms with Gasteiger partial charge in [-0.25, -0.2) is 4.98 Å². The van der Waals surface area contributed by atoms with Gasteiger partial charge < -0.3 is 4.90 Å². The quantitative estimate of drug-likeness (QED) is 0.613. The molecule has 7 nitrogen and oxygen atoms in total. The van der Waals surface area contributed by atoms with E-state index in [9.17, 15) is 13.2 Å². The summed E-state index contributed by atoms with van der Waals surface area (Å²) < 4.78 is 29.6. The lowest BCUT2D eigenvalue weighted by Crippen LogP contribution is -2.35. The summed E-state index contributed by atoms with van der Waals surface area (Å²) >= 11 is 1.41. The number of anilines is 2. The molecule has 2 aromatic carbocycles. The number of amidine groups is 1. The van der Waals surface area contributed by atoms with Crippen molar-refractivity contribution in [2.45, 2.75) is 37.0 Å². The number of nitrogens with zero attached hydrogens (tertiary/aromatic N) is 3. The maximum absolute atomic E-state index is 12.8. The lowest BCUT2D eigenvalue weighted by Gasteiger charge is -2.29. The predicted molar refractivity (Wildman–Crippen MR) is 126 cm³/mol. The topological polar surface area (TPSA) is 91.7 Å². The molecule has 0 radical (unpaired) electrons. The van der Waals surface area contributed by atoms with Crippen LogP contribution in [0.5, 0.6) is 0 Å². The Balaban J connectivity index is 1.36. The Morgan fingerprint density at radius 3 is 2.78 bits per heavy atom. The minimum absolute atomic E-state index is 0.0831. The highest BCUT2D eigenvalue weighted by atomic mass is 32.2. The van der Waals surface area contributed by atoms with Gasteiger partial charge in [0.05, 0.1) is 5.69 Å². The third-order valence-corrected chi connectivity index (χ3v) is 7.85. The van der Waals surface area contributed by atoms with Crippen LogP contribution in [-0.4, -0.2) is 31.7 Å². The number of amides is 1. The highest BCUT2D eigenvalue weighted by molar-refractivity contribution is 7.90. The second-order valence-corrected chi connectivity index (χ2v) is 10.6. The van der Waals surface area contributed by atoms with Crippen LogP contribution in [0.4, 0.5) is 10.8 Å². The molecule has 1 fully saturated rings. The van der Waals surface area contributed by atoms with E-state index in [2.05, 4.69) is 14.7 Å². The van der Waals surface area contributed by atoms with Crippen molar-refractivity contribution in [1.82, 2.24) is 4.98 Å². The fourth-order valence-corrected chi connectivity index (χ4v) is 6.16. The second kappa shape index (κ2) is 8.48. The summed E-state index contributed by atoms with van der Waals surface area (Å²) in [5.41, 5.74) is 2.04. The molecule has 0 saturated carbocycles. The number of rotatable bonds is 4. The molecule has 3 aromatic rings. The fourth-order valence-electron chi connectivity index (χ4n) is 4.03. The van der Waals surface area contributed by atoms with Gasteiger partial charge in [0.15, 0.2) is 5.13 Å². The molecule has 1 amide bonds. The maximum atomic E-state index is 12.8. The fraction of sp³-hybridized carbons (Fsp3) is 0.261. The lowest BCUT2D eigenvalue weighted by molar-refractivity contribution is 0.102. The van der Waals surface area contributed by atoms with Crippen molar-refractivity contribution in [2.24, 2.45) is 4.40 Å². The van der Waals surface area contributed by atoms with Gasteiger partial charge in [-0.05, 0) is 36.6 Å². The van der Waals surface area contributed by atoms with Crippen LogP contribution in [0.25, 0.3) is 0 Å². The summed E-state index contributed by atoms with van der Waals surface area (Å²) in [4.78, 5) is 20.2. The summed E-state index contributed by atoms with van der Waals surface area (Å²) in [6.45, 7) is 0.732. The van der Waals surface area contributed by atoms with E-state index in [1.165, 1.54) is 23.0 Å². The third-order valence-electron chi connectivity index (χ3n) is 5.61. The van der Waals surface area contributed by atoms with Crippen molar-refractivity contribution in [3.8, 4) is 0 Å². The van der Waals surface area contributed by atoms with Crippen LogP contribution in [0.15, 0.2) is 64.0 Å². The summed E-state index contributed by atoms with van der Waals surface area (Å²) in [5.74, 6) is 0.204. The Kier molecular flexibility index (Phi) is 5.52. The van der Waals surface area contributed by atoms with Gasteiger partial charge in [-0.2, -0.15) is 8.42 Å². The lowest BCUT2D eigenvalue weighted by atomic mass is 10.1. The first kappa shape index (κ1) is 20.8. The monoisotopic (exact) mass is 466 g/mol. The number of sulfonamides is 1. The van der Waals surface area contributed by atoms with Gasteiger partial charge in [0, 0.05) is 36.0 Å². The van der Waals surface area contributed by atoms with Gasteiger partial charge in [0.1, 0.15) is 10.7 Å². The standard InChI is InChI=1S/C23H22N4O3S2/c28-22(25-23-24-15-18(31-23)13-16-7-3-1-4-8-16)17-10-11-19-20(14-17)32(29,30)26-21-9-5-2-6-12-27(19)21/h1,3-4,7-8,10-11,14-15H,2,5-6,9,12-13H2,(H,24,25,28). The highest BCUT2D eigenvalue weighted by Crippen LogP contribution is 2.35. The molecule has 1 N–H and O–H groups in total. The summed E-state index contributed by atoms with van der Waals surface area (Å²) in [6.07, 6.45) is 6.10. The van der Waals surface area contributed by atoms with Crippen molar-refractivity contribution in [3.63, 3.8) is 0 Å². The Labute approximate surface area is 190 Å². The highest BCUT2D eigenvalue weighted by Gasteiger charge is 2.32. The molecule has 0 unspecified atom stereocenters. The smallest absolute Gasteiger partial charge is 0.286 e. The predicted octanol–water partition coefficient (Wildman–Crippen LogP) is 4.47. The summed E-state index contributed by atoms with van der Waals surface area (Å²) in [6, 6.07) is 14.8. The Bertz CT molecular complexity index is 1300. The normalized spacial score (nSPS) is 17.0. The second-order valence-electron chi connectivity index (χ2n) is 7.88. The molecular formula is C23H22N4O3S2. The molecule has 2 aliphatic rings. The molecule has 1 saturated heterocycles. The van der Waals surface area contributed by atoms with Crippen LogP contribution in [-0.2, 0) is 16.4 Å². The summed E-state index contributed by atoms with van der Waals surface area (Å²) in [5, 5.41) is 3.27. The van der Waals surface area contributed by atoms with Crippen LogP contribution in [0.1, 0.15) is 46.5 Å². The van der Waals surface area contributed by atoms with Crippen LogP contribution in [0.2, 0.25) is 0 Å². The number of benzene rings is 2. The largest absolute Gasteiger partial charge is 0.328 e. The van der Waals surface area contributed by atoms with E-state index >= 15 is 0 Å². The molecule has 5 rings (SSSR count). The first-order valence-electron chi connectivity index (χ1n) is 10.5. The molecule has 0 aliphatic carbocycles. The molecule has 0 bridgehead atoms. The molecule has 1 aromatic heterocycles. The van der Waals surface area contributed by atoms with E-state index in [0.29, 0.717) is 23.1 Å². The molecule has 164 valence electrons. The average molecular weight is 467 g/mol. The molecule has 32 heavy (non-hydrogen) atoms. The number of hydrogen-bond acceptors (Lipinski definition) is 6. The summed E-state index contributed by atoms with van der Waals surface area (Å²) in [7, 11) is -3.83. The van der Waals surface area contributed by atoms with Gasteiger partial charge in [-0.3, -0.25) is 10.1 Å². The number of carbonyl (C=O) groups is 1. The molecule has 0 spiro atoms. The van der Waals surface area contributed by atoms with Crippen molar-refractivity contribution >= 4 is 43.9 Å². The maximum Gasteiger partial charge on any atom is 0.286 e. The van der Waals surface area contributed by atoms with E-state index < -0.39 is 15.9 Å². The SMILES string of the molecule is O=C(Nc1ncc(Cc2ccccc2)s1)c1ccc2c(c1)S(=O)(=O)N=C1CCCCCN12. The zero-order chi connectivity index (χ0) is 22.1. The number of carbonyl (C=O) groups excluding carboxylic acids is 1. The molecule has 0 atom stereocenters. The van der Waals surface area contributed by atoms with E-state index in [-0.39, 0.29) is 10.5 Å². The van der Waals surface area contributed by atoms with Crippen LogP contribution in [0.3, 0.4) is 0 Å². The Morgan fingerprint density at radius 2 is 1.94 bits per heavy atom. The van der Waals surface area contributed by atoms with Gasteiger partial charge in [0.25, 0.3) is 15.9 Å². The molecular weight excluding hydrogens is 444 g/mol. The van der Waals surface area contributed by atoms with Gasteiger partial charge >= 0.3 is 0 Å². The van der Waals surface area contributed by atoms with Crippen molar-refractivity contribution in [1.29, 1.82) is 0 Å². The van der Waals surface area contributed by atoms with Gasteiger partial charge in [-0.15, -0.1) is 15.7 Å². The number of hydrogen-bond donors (Lipinski definition) is 1. The number of aromatic nitrogens is 1. The van der Waals surface area contributed by atoms with E-state index in [1.54, 1.807) is 18.3 Å². The van der Waals surface area contributed by atoms with Crippen LogP contribution in [0, 0.1) is 0 Å². The first-order valence-corrected chi connectivity index (χ1v) is 12.8. The zero-order valence-electron chi connectivity index (χ0n) is 17.3. The molecule has 2 aliphatic heterocycles. The van der Waals surface area contributed by atoms with Crippen molar-refractivity contribution in [2.75, 3.05) is 16.8 Å². The molecule has 9 heteroatoms. The minimum atomic E-state index is -3.83. The van der Waals surface area contributed by atoms with Crippen molar-refractivity contribution < 1.29 is 13.2 Å². The van der Waals surface area contributed by atoms with E-state index in [4.69, 9.17) is 0 Å². The molecule has 3 heterocycles. The van der Waals surface area contributed by atoms with E-state index in [0.717, 1.165) is 37.1 Å². The van der Waals surface area contributed by atoms with Gasteiger partial charge in [-0.1, -0.05) is 36.8 Å². The zero-order valence-corrected chi connectivity index (χ0v) is 19.0. The number of thiazole rings is 1. The third kappa shape index (κ3) is 4.18. The number of nitrogens with one attached hydrogen (secondary N) is 1.